The van der Waals surface area contributed by atoms with E-state index in [4.69, 9.17) is 4.74 Å². The third-order valence-electron chi connectivity index (χ3n) is 2.90. The predicted octanol–water partition coefficient (Wildman–Crippen LogP) is 2.06. The van der Waals surface area contributed by atoms with Gasteiger partial charge in [-0.3, -0.25) is 0 Å². The Morgan fingerprint density at radius 2 is 2.06 bits per heavy atom. The van der Waals surface area contributed by atoms with Crippen molar-refractivity contribution < 1.29 is 14.6 Å². The fourth-order valence-corrected chi connectivity index (χ4v) is 2.13. The van der Waals surface area contributed by atoms with Gasteiger partial charge < -0.3 is 15.2 Å². The van der Waals surface area contributed by atoms with E-state index in [1.54, 1.807) is 0 Å². The van der Waals surface area contributed by atoms with E-state index in [-0.39, 0.29) is 18.2 Å². The van der Waals surface area contributed by atoms with Crippen LogP contribution in [0.25, 0.3) is 0 Å². The summed E-state index contributed by atoms with van der Waals surface area (Å²) in [5.41, 5.74) is -0.467. The van der Waals surface area contributed by atoms with Gasteiger partial charge >= 0.3 is 6.09 Å². The van der Waals surface area contributed by atoms with Crippen molar-refractivity contribution in [3.8, 4) is 0 Å². The molecule has 16 heavy (non-hydrogen) atoms. The first kappa shape index (κ1) is 13.3. The molecule has 94 valence electrons. The first-order chi connectivity index (χ1) is 7.31. The minimum Gasteiger partial charge on any atom is -0.444 e. The molecule has 0 aromatic rings. The van der Waals surface area contributed by atoms with E-state index in [1.807, 2.05) is 20.8 Å². The van der Waals surface area contributed by atoms with Crippen LogP contribution in [0.4, 0.5) is 4.79 Å². The fourth-order valence-electron chi connectivity index (χ4n) is 2.13. The monoisotopic (exact) mass is 229 g/mol. The van der Waals surface area contributed by atoms with Crippen LogP contribution in [0.1, 0.15) is 47.0 Å². The van der Waals surface area contributed by atoms with E-state index < -0.39 is 5.60 Å². The van der Waals surface area contributed by atoms with E-state index in [2.05, 4.69) is 12.2 Å². The van der Waals surface area contributed by atoms with Gasteiger partial charge in [-0.25, -0.2) is 4.79 Å². The number of alkyl carbamates (subject to hydrolysis) is 1. The zero-order valence-corrected chi connectivity index (χ0v) is 10.6. The largest absolute Gasteiger partial charge is 0.444 e. The van der Waals surface area contributed by atoms with Gasteiger partial charge in [0.15, 0.2) is 0 Å². The first-order valence-electron chi connectivity index (χ1n) is 5.99. The van der Waals surface area contributed by atoms with Crippen molar-refractivity contribution in [2.24, 2.45) is 5.92 Å². The number of ether oxygens (including phenoxy) is 1. The van der Waals surface area contributed by atoms with Gasteiger partial charge in [-0.05, 0) is 39.5 Å². The van der Waals surface area contributed by atoms with Crippen LogP contribution >= 0.6 is 0 Å². The molecule has 0 aliphatic heterocycles. The molecule has 0 bridgehead atoms. The maximum absolute atomic E-state index is 11.5. The van der Waals surface area contributed by atoms with Crippen LogP contribution in [0, 0.1) is 5.92 Å². The predicted molar refractivity (Wildman–Crippen MR) is 62.2 cm³/mol. The van der Waals surface area contributed by atoms with Gasteiger partial charge in [0.2, 0.25) is 0 Å². The fraction of sp³-hybridized carbons (Fsp3) is 0.917. The Kier molecular flexibility index (Phi) is 4.19. The highest BCUT2D eigenvalue weighted by Gasteiger charge is 2.33. The molecule has 1 aliphatic rings. The Hall–Kier alpha value is -0.770. The SMILES string of the molecule is CC[C@H]1C[C@@H](NC(=O)OC(C)(C)C)C[C@@H]1O. The zero-order valence-electron chi connectivity index (χ0n) is 10.6. The van der Waals surface area contributed by atoms with Gasteiger partial charge in [0.1, 0.15) is 5.60 Å². The Morgan fingerprint density at radius 1 is 1.44 bits per heavy atom. The van der Waals surface area contributed by atoms with Crippen molar-refractivity contribution in [1.82, 2.24) is 5.32 Å². The van der Waals surface area contributed by atoms with Crippen molar-refractivity contribution in [3.63, 3.8) is 0 Å². The highest BCUT2D eigenvalue weighted by Crippen LogP contribution is 2.28. The maximum atomic E-state index is 11.5. The molecule has 1 saturated carbocycles. The highest BCUT2D eigenvalue weighted by atomic mass is 16.6. The van der Waals surface area contributed by atoms with Crippen LogP contribution in [0.5, 0.6) is 0 Å². The van der Waals surface area contributed by atoms with Gasteiger partial charge in [-0.1, -0.05) is 13.3 Å². The van der Waals surface area contributed by atoms with Crippen LogP contribution in [0.15, 0.2) is 0 Å². The molecule has 0 aromatic carbocycles. The minimum atomic E-state index is -0.467. The van der Waals surface area contributed by atoms with Gasteiger partial charge in [0.25, 0.3) is 0 Å². The molecular formula is C12H23NO3. The van der Waals surface area contributed by atoms with E-state index >= 15 is 0 Å². The number of carbonyl (C=O) groups excluding carboxylic acids is 1. The Labute approximate surface area is 97.4 Å². The molecule has 0 unspecified atom stereocenters. The molecular weight excluding hydrogens is 206 g/mol. The van der Waals surface area contributed by atoms with Crippen LogP contribution in [0.3, 0.4) is 0 Å². The second-order valence-corrected chi connectivity index (χ2v) is 5.55. The minimum absolute atomic E-state index is 0.0507. The van der Waals surface area contributed by atoms with Crippen LogP contribution in [-0.2, 0) is 4.74 Å². The molecule has 0 spiro atoms. The van der Waals surface area contributed by atoms with Gasteiger partial charge in [-0.15, -0.1) is 0 Å². The first-order valence-corrected chi connectivity index (χ1v) is 5.99. The van der Waals surface area contributed by atoms with Crippen LogP contribution < -0.4 is 5.32 Å². The maximum Gasteiger partial charge on any atom is 0.407 e. The summed E-state index contributed by atoms with van der Waals surface area (Å²) in [6, 6.07) is 0.0507. The van der Waals surface area contributed by atoms with E-state index in [0.717, 1.165) is 12.8 Å². The Balaban J connectivity index is 2.36. The smallest absolute Gasteiger partial charge is 0.407 e. The summed E-state index contributed by atoms with van der Waals surface area (Å²) in [5, 5.41) is 12.5. The zero-order chi connectivity index (χ0) is 12.3. The highest BCUT2D eigenvalue weighted by molar-refractivity contribution is 5.68. The Bertz CT molecular complexity index is 247. The molecule has 2 N–H and O–H groups in total. The third kappa shape index (κ3) is 4.00. The summed E-state index contributed by atoms with van der Waals surface area (Å²) in [6.07, 6.45) is 1.76. The lowest BCUT2D eigenvalue weighted by atomic mass is 10.0. The van der Waals surface area contributed by atoms with Crippen molar-refractivity contribution in [2.45, 2.75) is 64.7 Å². The van der Waals surface area contributed by atoms with E-state index in [9.17, 15) is 9.90 Å². The number of rotatable bonds is 2. The quantitative estimate of drug-likeness (QED) is 0.762. The van der Waals surface area contributed by atoms with Crippen LogP contribution in [-0.4, -0.2) is 28.9 Å². The number of aliphatic hydroxyl groups excluding tert-OH is 1. The average molecular weight is 229 g/mol. The third-order valence-corrected chi connectivity index (χ3v) is 2.90. The number of aliphatic hydroxyl groups is 1. The molecule has 1 aliphatic carbocycles. The summed E-state index contributed by atoms with van der Waals surface area (Å²) in [7, 11) is 0. The lowest BCUT2D eigenvalue weighted by Gasteiger charge is -2.21. The number of carbonyl (C=O) groups is 1. The molecule has 0 heterocycles. The molecule has 4 nitrogen and oxygen atoms in total. The molecule has 1 fully saturated rings. The standard InChI is InChI=1S/C12H23NO3/c1-5-8-6-9(7-10(8)14)13-11(15)16-12(2,3)4/h8-10,14H,5-7H2,1-4H3,(H,13,15)/t8-,9+,10-/m0/s1. The summed E-state index contributed by atoms with van der Waals surface area (Å²) >= 11 is 0. The Morgan fingerprint density at radius 3 is 2.50 bits per heavy atom. The van der Waals surface area contributed by atoms with Crippen molar-refractivity contribution in [3.05, 3.63) is 0 Å². The summed E-state index contributed by atoms with van der Waals surface area (Å²) in [4.78, 5) is 11.5. The van der Waals surface area contributed by atoms with Crippen molar-refractivity contribution in [2.75, 3.05) is 0 Å². The van der Waals surface area contributed by atoms with Crippen LogP contribution in [0.2, 0.25) is 0 Å². The summed E-state index contributed by atoms with van der Waals surface area (Å²) < 4.78 is 5.17. The second-order valence-electron chi connectivity index (χ2n) is 5.55. The molecule has 0 aromatic heterocycles. The lowest BCUT2D eigenvalue weighted by molar-refractivity contribution is 0.0502. The second kappa shape index (κ2) is 5.04. The van der Waals surface area contributed by atoms with Gasteiger partial charge in [0.05, 0.1) is 6.10 Å². The van der Waals surface area contributed by atoms with E-state index in [1.165, 1.54) is 0 Å². The van der Waals surface area contributed by atoms with E-state index in [0.29, 0.717) is 12.3 Å². The summed E-state index contributed by atoms with van der Waals surface area (Å²) in [5.74, 6) is 0.305. The molecule has 4 heteroatoms. The molecule has 1 rings (SSSR count). The molecule has 1 amide bonds. The molecule has 0 saturated heterocycles. The average Bonchev–Trinajstić information content (AvgIpc) is 2.42. The van der Waals surface area contributed by atoms with Crippen molar-refractivity contribution in [1.29, 1.82) is 0 Å². The summed E-state index contributed by atoms with van der Waals surface area (Å²) in [6.45, 7) is 7.57. The topological polar surface area (TPSA) is 58.6 Å². The van der Waals surface area contributed by atoms with Gasteiger partial charge in [-0.2, -0.15) is 0 Å². The lowest BCUT2D eigenvalue weighted by Crippen LogP contribution is -2.38. The number of hydrogen-bond donors (Lipinski definition) is 2. The van der Waals surface area contributed by atoms with Gasteiger partial charge in [0, 0.05) is 6.04 Å². The number of nitrogens with one attached hydrogen (secondary N) is 1. The normalized spacial score (nSPS) is 30.2. The molecule has 0 radical (unpaired) electrons. The number of hydrogen-bond acceptors (Lipinski definition) is 3. The van der Waals surface area contributed by atoms with Crippen molar-refractivity contribution >= 4 is 6.09 Å². The number of amides is 1. The molecule has 3 atom stereocenters.